The molecule has 0 unspecified atom stereocenters. The zero-order valence-electron chi connectivity index (χ0n) is 4.66. The van der Waals surface area contributed by atoms with Gasteiger partial charge in [-0.15, -0.1) is 0 Å². The molecule has 1 radical (unpaired) electrons. The summed E-state index contributed by atoms with van der Waals surface area (Å²) in [5, 5.41) is 8.37. The number of nitrogens with one attached hydrogen (secondary N) is 1. The maximum absolute atomic E-state index is 10.6. The van der Waals surface area contributed by atoms with Crippen LogP contribution in [0, 0.1) is 0 Å². The number of hydrogen-bond donors (Lipinski definition) is 2. The SMILES string of the molecule is O=c1[nH]cccc1[B]O. The zero-order chi connectivity index (χ0) is 6.69. The lowest BCUT2D eigenvalue weighted by Gasteiger charge is -1.87. The van der Waals surface area contributed by atoms with Gasteiger partial charge in [-0.3, -0.25) is 4.79 Å². The molecule has 9 heavy (non-hydrogen) atoms. The second-order valence-electron chi connectivity index (χ2n) is 1.58. The van der Waals surface area contributed by atoms with Crippen molar-refractivity contribution in [3.05, 3.63) is 28.7 Å². The Morgan fingerprint density at radius 1 is 1.67 bits per heavy atom. The van der Waals surface area contributed by atoms with Crippen LogP contribution in [0.1, 0.15) is 0 Å². The molecule has 0 saturated carbocycles. The van der Waals surface area contributed by atoms with Crippen molar-refractivity contribution in [1.82, 2.24) is 4.98 Å². The van der Waals surface area contributed by atoms with E-state index in [0.29, 0.717) is 0 Å². The van der Waals surface area contributed by atoms with Gasteiger partial charge in [0.1, 0.15) is 0 Å². The Kier molecular flexibility index (Phi) is 1.70. The van der Waals surface area contributed by atoms with Gasteiger partial charge in [-0.1, -0.05) is 6.07 Å². The smallest absolute Gasteiger partial charge is 0.332 e. The highest BCUT2D eigenvalue weighted by atomic mass is 16.2. The van der Waals surface area contributed by atoms with Gasteiger partial charge in [0, 0.05) is 11.7 Å². The maximum atomic E-state index is 10.6. The summed E-state index contributed by atoms with van der Waals surface area (Å²) in [6, 6.07) is 3.17. The Hall–Kier alpha value is -1.03. The van der Waals surface area contributed by atoms with Crippen LogP contribution in [0.15, 0.2) is 23.1 Å². The monoisotopic (exact) mass is 122 g/mol. The lowest BCUT2D eigenvalue weighted by molar-refractivity contribution is 0.615. The summed E-state index contributed by atoms with van der Waals surface area (Å²) in [4.78, 5) is 13.0. The highest BCUT2D eigenvalue weighted by Gasteiger charge is 1.94. The van der Waals surface area contributed by atoms with Crippen LogP contribution < -0.4 is 11.0 Å². The lowest BCUT2D eigenvalue weighted by Crippen LogP contribution is -2.32. The van der Waals surface area contributed by atoms with Gasteiger partial charge in [-0.05, 0) is 6.07 Å². The molecular formula is C5H5BNO2. The topological polar surface area (TPSA) is 53.1 Å². The Morgan fingerprint density at radius 3 is 2.89 bits per heavy atom. The summed E-state index contributed by atoms with van der Waals surface area (Å²) in [5.74, 6) is 0. The third kappa shape index (κ3) is 1.20. The summed E-state index contributed by atoms with van der Waals surface area (Å²) < 4.78 is 0. The summed E-state index contributed by atoms with van der Waals surface area (Å²) in [5.41, 5.74) is -0.00231. The summed E-state index contributed by atoms with van der Waals surface area (Å²) in [7, 11) is 0.777. The minimum atomic E-state index is -0.278. The minimum absolute atomic E-state index is 0.275. The predicted octanol–water partition coefficient (Wildman–Crippen LogP) is -1.39. The number of aromatic nitrogens is 1. The summed E-state index contributed by atoms with van der Waals surface area (Å²) in [6.45, 7) is 0. The van der Waals surface area contributed by atoms with Crippen molar-refractivity contribution in [3.8, 4) is 0 Å². The van der Waals surface area contributed by atoms with E-state index in [-0.39, 0.29) is 11.0 Å². The number of rotatable bonds is 1. The fourth-order valence-electron chi connectivity index (χ4n) is 0.536. The van der Waals surface area contributed by atoms with Gasteiger partial charge in [0.25, 0.3) is 0 Å². The molecule has 0 bridgehead atoms. The van der Waals surface area contributed by atoms with Crippen LogP contribution in [-0.2, 0) is 0 Å². The fraction of sp³-hybridized carbons (Fsp3) is 0. The summed E-state index contributed by atoms with van der Waals surface area (Å²) in [6.07, 6.45) is 1.51. The van der Waals surface area contributed by atoms with E-state index in [2.05, 4.69) is 4.98 Å². The molecule has 3 nitrogen and oxygen atoms in total. The Bertz CT molecular complexity index is 245. The molecule has 0 aliphatic rings. The second-order valence-corrected chi connectivity index (χ2v) is 1.58. The first kappa shape index (κ1) is 6.10. The van der Waals surface area contributed by atoms with Crippen molar-refractivity contribution < 1.29 is 5.02 Å². The number of H-pyrrole nitrogens is 1. The Morgan fingerprint density at radius 2 is 2.44 bits per heavy atom. The van der Waals surface area contributed by atoms with Gasteiger partial charge in [0.05, 0.1) is 0 Å². The first-order chi connectivity index (χ1) is 4.34. The average molecular weight is 122 g/mol. The molecule has 1 heterocycles. The van der Waals surface area contributed by atoms with Gasteiger partial charge in [0.15, 0.2) is 0 Å². The second kappa shape index (κ2) is 2.50. The molecule has 0 aliphatic carbocycles. The van der Waals surface area contributed by atoms with Crippen LogP contribution in [-0.4, -0.2) is 17.5 Å². The molecule has 0 atom stereocenters. The van der Waals surface area contributed by atoms with E-state index in [9.17, 15) is 4.79 Å². The molecule has 45 valence electrons. The molecule has 1 aromatic heterocycles. The molecule has 1 rings (SSSR count). The Balaban J connectivity index is 3.16. The first-order valence-corrected chi connectivity index (χ1v) is 2.50. The molecule has 2 N–H and O–H groups in total. The van der Waals surface area contributed by atoms with Gasteiger partial charge in [-0.25, -0.2) is 0 Å². The molecule has 0 amide bonds. The van der Waals surface area contributed by atoms with Gasteiger partial charge >= 0.3 is 7.48 Å². The van der Waals surface area contributed by atoms with Gasteiger partial charge < -0.3 is 10.0 Å². The quantitative estimate of drug-likeness (QED) is 0.450. The molecule has 0 spiro atoms. The van der Waals surface area contributed by atoms with E-state index in [1.54, 1.807) is 6.07 Å². The van der Waals surface area contributed by atoms with Crippen molar-refractivity contribution in [2.45, 2.75) is 0 Å². The molecule has 0 fully saturated rings. The van der Waals surface area contributed by atoms with E-state index in [1.807, 2.05) is 0 Å². The van der Waals surface area contributed by atoms with Crippen molar-refractivity contribution in [2.24, 2.45) is 0 Å². The van der Waals surface area contributed by atoms with Crippen LogP contribution >= 0.6 is 0 Å². The first-order valence-electron chi connectivity index (χ1n) is 2.50. The number of pyridine rings is 1. The number of aromatic amines is 1. The average Bonchev–Trinajstić information content (AvgIpc) is 1.89. The normalized spacial score (nSPS) is 9.00. The van der Waals surface area contributed by atoms with Crippen molar-refractivity contribution >= 4 is 12.9 Å². The van der Waals surface area contributed by atoms with E-state index >= 15 is 0 Å². The third-order valence-corrected chi connectivity index (χ3v) is 0.988. The Labute approximate surface area is 52.6 Å². The summed E-state index contributed by atoms with van der Waals surface area (Å²) >= 11 is 0. The van der Waals surface area contributed by atoms with Crippen LogP contribution in [0.4, 0.5) is 0 Å². The molecular weight excluding hydrogens is 117 g/mol. The van der Waals surface area contributed by atoms with Crippen LogP contribution in [0.3, 0.4) is 0 Å². The molecule has 4 heteroatoms. The van der Waals surface area contributed by atoms with Crippen LogP contribution in [0.2, 0.25) is 0 Å². The van der Waals surface area contributed by atoms with Crippen molar-refractivity contribution in [1.29, 1.82) is 0 Å². The highest BCUT2D eigenvalue weighted by Crippen LogP contribution is 1.66. The maximum Gasteiger partial charge on any atom is 0.332 e. The van der Waals surface area contributed by atoms with Crippen LogP contribution in [0.25, 0.3) is 0 Å². The predicted molar refractivity (Wildman–Crippen MR) is 34.7 cm³/mol. The van der Waals surface area contributed by atoms with E-state index < -0.39 is 0 Å². The molecule has 0 saturated heterocycles. The molecule has 1 aromatic rings. The van der Waals surface area contributed by atoms with Gasteiger partial charge in [-0.2, -0.15) is 0 Å². The highest BCUT2D eigenvalue weighted by molar-refractivity contribution is 6.45. The van der Waals surface area contributed by atoms with Gasteiger partial charge in [0.2, 0.25) is 5.56 Å². The standard InChI is InChI=1S/C5H5BNO2/c8-5-4(6-9)2-1-3-7-5/h1-3,9H,(H,7,8). The lowest BCUT2D eigenvalue weighted by atomic mass is 9.91. The van der Waals surface area contributed by atoms with Crippen molar-refractivity contribution in [3.63, 3.8) is 0 Å². The van der Waals surface area contributed by atoms with E-state index in [4.69, 9.17) is 5.02 Å². The van der Waals surface area contributed by atoms with E-state index in [0.717, 1.165) is 7.48 Å². The zero-order valence-corrected chi connectivity index (χ0v) is 4.66. The fourth-order valence-corrected chi connectivity index (χ4v) is 0.536. The largest absolute Gasteiger partial charge is 0.450 e. The minimum Gasteiger partial charge on any atom is -0.450 e. The molecule has 0 aromatic carbocycles. The third-order valence-electron chi connectivity index (χ3n) is 0.988. The van der Waals surface area contributed by atoms with Crippen molar-refractivity contribution in [2.75, 3.05) is 0 Å². The van der Waals surface area contributed by atoms with Crippen LogP contribution in [0.5, 0.6) is 0 Å². The molecule has 0 aliphatic heterocycles. The van der Waals surface area contributed by atoms with E-state index in [1.165, 1.54) is 12.3 Å². The number of hydrogen-bond acceptors (Lipinski definition) is 2.